The lowest BCUT2D eigenvalue weighted by Crippen LogP contribution is -2.28. The van der Waals surface area contributed by atoms with Crippen molar-refractivity contribution in [2.24, 2.45) is 0 Å². The van der Waals surface area contributed by atoms with Gasteiger partial charge in [-0.2, -0.15) is 0 Å². The fourth-order valence-corrected chi connectivity index (χ4v) is 1.71. The van der Waals surface area contributed by atoms with E-state index in [1.54, 1.807) is 13.1 Å². The van der Waals surface area contributed by atoms with E-state index in [4.69, 9.17) is 0 Å². The maximum Gasteiger partial charge on any atom is 0.257 e. The molecule has 0 saturated heterocycles. The quantitative estimate of drug-likeness (QED) is 0.870. The third-order valence-electron chi connectivity index (χ3n) is 2.84. The molecule has 1 amide bonds. The van der Waals surface area contributed by atoms with Crippen molar-refractivity contribution >= 4 is 5.91 Å². The van der Waals surface area contributed by atoms with Crippen LogP contribution in [-0.2, 0) is 6.54 Å². The second-order valence-electron chi connectivity index (χ2n) is 4.34. The molecule has 0 unspecified atom stereocenters. The Balaban J connectivity index is 2.10. The van der Waals surface area contributed by atoms with Crippen LogP contribution in [0.25, 0.3) is 0 Å². The molecule has 0 aromatic carbocycles. The number of aromatic nitrogens is 2. The summed E-state index contributed by atoms with van der Waals surface area (Å²) in [5, 5.41) is 2.69. The molecule has 19 heavy (non-hydrogen) atoms. The average Bonchev–Trinajstić information content (AvgIpc) is 2.37. The smallest absolute Gasteiger partial charge is 0.257 e. The molecule has 0 saturated carbocycles. The van der Waals surface area contributed by atoms with Crippen LogP contribution in [-0.4, -0.2) is 15.9 Å². The number of aryl methyl sites for hydroxylation is 2. The first-order chi connectivity index (χ1) is 9.08. The SMILES string of the molecule is Cc1cc(=O)c(C(=O)NCc2ncccc2C)c[nH]1. The first-order valence-electron chi connectivity index (χ1n) is 5.96. The Morgan fingerprint density at radius 3 is 2.89 bits per heavy atom. The van der Waals surface area contributed by atoms with Crippen molar-refractivity contribution in [1.29, 1.82) is 0 Å². The molecular formula is C14H15N3O2. The Labute approximate surface area is 110 Å². The maximum absolute atomic E-state index is 11.9. The van der Waals surface area contributed by atoms with Crippen LogP contribution in [0.2, 0.25) is 0 Å². The number of amides is 1. The number of pyridine rings is 2. The average molecular weight is 257 g/mol. The van der Waals surface area contributed by atoms with Crippen LogP contribution in [0.15, 0.2) is 35.4 Å². The van der Waals surface area contributed by atoms with Crippen molar-refractivity contribution in [3.05, 3.63) is 63.3 Å². The van der Waals surface area contributed by atoms with Gasteiger partial charge in [0.15, 0.2) is 5.43 Å². The Morgan fingerprint density at radius 1 is 1.42 bits per heavy atom. The molecule has 5 nitrogen and oxygen atoms in total. The second-order valence-corrected chi connectivity index (χ2v) is 4.34. The molecule has 0 fully saturated rings. The van der Waals surface area contributed by atoms with Gasteiger partial charge in [0.2, 0.25) is 0 Å². The zero-order valence-electron chi connectivity index (χ0n) is 10.9. The number of H-pyrrole nitrogens is 1. The van der Waals surface area contributed by atoms with E-state index in [0.717, 1.165) is 17.0 Å². The first kappa shape index (κ1) is 13.0. The van der Waals surface area contributed by atoms with Gasteiger partial charge in [-0.05, 0) is 25.5 Å². The fourth-order valence-electron chi connectivity index (χ4n) is 1.71. The number of nitrogens with one attached hydrogen (secondary N) is 2. The van der Waals surface area contributed by atoms with Gasteiger partial charge in [0, 0.05) is 24.2 Å². The van der Waals surface area contributed by atoms with Crippen LogP contribution in [0, 0.1) is 13.8 Å². The summed E-state index contributed by atoms with van der Waals surface area (Å²) in [7, 11) is 0. The van der Waals surface area contributed by atoms with Crippen LogP contribution in [0.4, 0.5) is 0 Å². The van der Waals surface area contributed by atoms with Gasteiger partial charge >= 0.3 is 0 Å². The zero-order valence-corrected chi connectivity index (χ0v) is 10.9. The predicted octanol–water partition coefficient (Wildman–Crippen LogP) is 1.32. The molecule has 2 rings (SSSR count). The highest BCUT2D eigenvalue weighted by molar-refractivity contribution is 5.93. The lowest BCUT2D eigenvalue weighted by atomic mass is 10.2. The molecule has 2 aromatic rings. The van der Waals surface area contributed by atoms with Gasteiger partial charge in [-0.25, -0.2) is 0 Å². The van der Waals surface area contributed by atoms with Crippen molar-refractivity contribution in [3.8, 4) is 0 Å². The monoisotopic (exact) mass is 257 g/mol. The maximum atomic E-state index is 11.9. The minimum atomic E-state index is -0.397. The third-order valence-corrected chi connectivity index (χ3v) is 2.84. The zero-order chi connectivity index (χ0) is 13.8. The molecule has 0 aliphatic rings. The van der Waals surface area contributed by atoms with Gasteiger partial charge in [-0.3, -0.25) is 14.6 Å². The van der Waals surface area contributed by atoms with Crippen molar-refractivity contribution in [2.45, 2.75) is 20.4 Å². The van der Waals surface area contributed by atoms with Crippen LogP contribution in [0.3, 0.4) is 0 Å². The van der Waals surface area contributed by atoms with E-state index in [-0.39, 0.29) is 11.0 Å². The highest BCUT2D eigenvalue weighted by Crippen LogP contribution is 2.02. The highest BCUT2D eigenvalue weighted by Gasteiger charge is 2.10. The normalized spacial score (nSPS) is 10.2. The predicted molar refractivity (Wildman–Crippen MR) is 71.9 cm³/mol. The summed E-state index contributed by atoms with van der Waals surface area (Å²) in [6, 6.07) is 5.17. The number of nitrogens with zero attached hydrogens (tertiary/aromatic N) is 1. The summed E-state index contributed by atoms with van der Waals surface area (Å²) in [5.74, 6) is -0.397. The van der Waals surface area contributed by atoms with E-state index in [1.807, 2.05) is 19.1 Å². The Bertz CT molecular complexity index is 662. The van der Waals surface area contributed by atoms with Crippen molar-refractivity contribution < 1.29 is 4.79 Å². The number of hydrogen-bond acceptors (Lipinski definition) is 3. The van der Waals surface area contributed by atoms with Crippen LogP contribution in [0.1, 0.15) is 27.3 Å². The van der Waals surface area contributed by atoms with E-state index in [2.05, 4.69) is 15.3 Å². The van der Waals surface area contributed by atoms with E-state index in [1.165, 1.54) is 12.3 Å². The Morgan fingerprint density at radius 2 is 2.21 bits per heavy atom. The van der Waals surface area contributed by atoms with Gasteiger partial charge in [0.05, 0.1) is 12.2 Å². The lowest BCUT2D eigenvalue weighted by molar-refractivity contribution is 0.0949. The standard InChI is InChI=1S/C14H15N3O2/c1-9-4-3-5-15-12(9)8-17-14(19)11-7-16-10(2)6-13(11)18/h3-7H,8H2,1-2H3,(H,16,18)(H,17,19). The number of aromatic amines is 1. The number of hydrogen-bond donors (Lipinski definition) is 2. The van der Waals surface area contributed by atoms with Gasteiger partial charge in [-0.1, -0.05) is 6.07 Å². The van der Waals surface area contributed by atoms with Gasteiger partial charge < -0.3 is 10.3 Å². The van der Waals surface area contributed by atoms with E-state index in [9.17, 15) is 9.59 Å². The van der Waals surface area contributed by atoms with E-state index in [0.29, 0.717) is 6.54 Å². The summed E-state index contributed by atoms with van der Waals surface area (Å²) in [6.07, 6.45) is 3.10. The van der Waals surface area contributed by atoms with Crippen LogP contribution >= 0.6 is 0 Å². The van der Waals surface area contributed by atoms with Crippen LogP contribution in [0.5, 0.6) is 0 Å². The molecule has 5 heteroatoms. The summed E-state index contributed by atoms with van der Waals surface area (Å²) in [5.41, 5.74) is 2.34. The third kappa shape index (κ3) is 3.07. The second kappa shape index (κ2) is 5.48. The minimum Gasteiger partial charge on any atom is -0.364 e. The molecule has 2 N–H and O–H groups in total. The molecule has 0 radical (unpaired) electrons. The molecule has 0 spiro atoms. The molecular weight excluding hydrogens is 242 g/mol. The van der Waals surface area contributed by atoms with E-state index < -0.39 is 5.91 Å². The summed E-state index contributed by atoms with van der Waals surface area (Å²) in [4.78, 5) is 30.6. The lowest BCUT2D eigenvalue weighted by Gasteiger charge is -2.06. The van der Waals surface area contributed by atoms with Crippen molar-refractivity contribution in [3.63, 3.8) is 0 Å². The largest absolute Gasteiger partial charge is 0.364 e. The van der Waals surface area contributed by atoms with Crippen molar-refractivity contribution in [1.82, 2.24) is 15.3 Å². The topological polar surface area (TPSA) is 74.8 Å². The molecule has 0 aliphatic heterocycles. The molecule has 0 aliphatic carbocycles. The Hall–Kier alpha value is -2.43. The fraction of sp³-hybridized carbons (Fsp3) is 0.214. The summed E-state index contributed by atoms with van der Waals surface area (Å²) >= 11 is 0. The van der Waals surface area contributed by atoms with Gasteiger partial charge in [0.1, 0.15) is 5.56 Å². The minimum absolute atomic E-state index is 0.110. The van der Waals surface area contributed by atoms with Gasteiger partial charge in [-0.15, -0.1) is 0 Å². The molecule has 0 atom stereocenters. The Kier molecular flexibility index (Phi) is 3.75. The van der Waals surface area contributed by atoms with Crippen molar-refractivity contribution in [2.75, 3.05) is 0 Å². The van der Waals surface area contributed by atoms with Crippen LogP contribution < -0.4 is 10.7 Å². The number of rotatable bonds is 3. The van der Waals surface area contributed by atoms with Gasteiger partial charge in [0.25, 0.3) is 5.91 Å². The molecule has 98 valence electrons. The number of carbonyl (C=O) groups is 1. The number of carbonyl (C=O) groups excluding carboxylic acids is 1. The molecule has 2 aromatic heterocycles. The van der Waals surface area contributed by atoms with E-state index >= 15 is 0 Å². The molecule has 2 heterocycles. The summed E-state index contributed by atoms with van der Waals surface area (Å²) < 4.78 is 0. The molecule has 0 bridgehead atoms. The summed E-state index contributed by atoms with van der Waals surface area (Å²) in [6.45, 7) is 3.99. The first-order valence-corrected chi connectivity index (χ1v) is 5.96. The highest BCUT2D eigenvalue weighted by atomic mass is 16.2.